The van der Waals surface area contributed by atoms with Crippen molar-refractivity contribution in [3.8, 4) is 0 Å². The Hall–Kier alpha value is -1.44. The van der Waals surface area contributed by atoms with E-state index >= 15 is 0 Å². The zero-order valence-electron chi connectivity index (χ0n) is 10.4. The van der Waals surface area contributed by atoms with Crippen molar-refractivity contribution in [2.24, 2.45) is 5.14 Å². The average molecular weight is 283 g/mol. The van der Waals surface area contributed by atoms with Crippen LogP contribution in [0.15, 0.2) is 29.2 Å². The number of nitrogens with two attached hydrogens (primary N) is 1. The van der Waals surface area contributed by atoms with Crippen molar-refractivity contribution < 1.29 is 13.2 Å². The monoisotopic (exact) mass is 283 g/mol. The van der Waals surface area contributed by atoms with Gasteiger partial charge >= 0.3 is 0 Å². The predicted octanol–water partition coefficient (Wildman–Crippen LogP) is -0.298. The van der Waals surface area contributed by atoms with Crippen molar-refractivity contribution in [1.82, 2.24) is 10.6 Å². The number of hydrogen-bond acceptors (Lipinski definition) is 4. The summed E-state index contributed by atoms with van der Waals surface area (Å²) < 4.78 is 22.4. The lowest BCUT2D eigenvalue weighted by Gasteiger charge is -2.11. The van der Waals surface area contributed by atoms with E-state index < -0.39 is 10.0 Å². The molecule has 0 aliphatic carbocycles. The first-order chi connectivity index (χ1) is 8.97. The second-order valence-corrected chi connectivity index (χ2v) is 6.12. The number of nitrogens with one attached hydrogen (secondary N) is 2. The molecule has 1 aliphatic rings. The van der Waals surface area contributed by atoms with Gasteiger partial charge in [-0.3, -0.25) is 4.79 Å². The van der Waals surface area contributed by atoms with Gasteiger partial charge in [-0.25, -0.2) is 13.6 Å². The van der Waals surface area contributed by atoms with E-state index in [0.717, 1.165) is 19.4 Å². The molecule has 1 atom stereocenters. The number of amides is 1. The molecule has 104 valence electrons. The maximum absolute atomic E-state index is 11.8. The van der Waals surface area contributed by atoms with Crippen molar-refractivity contribution in [3.63, 3.8) is 0 Å². The van der Waals surface area contributed by atoms with Crippen LogP contribution >= 0.6 is 0 Å². The maximum Gasteiger partial charge on any atom is 0.238 e. The molecule has 1 unspecified atom stereocenters. The van der Waals surface area contributed by atoms with E-state index in [9.17, 15) is 13.2 Å². The lowest BCUT2D eigenvalue weighted by Crippen LogP contribution is -2.40. The van der Waals surface area contributed by atoms with E-state index in [4.69, 9.17) is 5.14 Å². The molecule has 0 aromatic heterocycles. The highest BCUT2D eigenvalue weighted by Crippen LogP contribution is 2.10. The number of carbonyl (C=O) groups is 1. The second-order valence-electron chi connectivity index (χ2n) is 4.56. The number of benzene rings is 1. The number of rotatable bonds is 4. The van der Waals surface area contributed by atoms with Crippen LogP contribution in [0.2, 0.25) is 0 Å². The molecule has 0 spiro atoms. The summed E-state index contributed by atoms with van der Waals surface area (Å²) in [5.41, 5.74) is 0.706. The number of hydrogen-bond donors (Lipinski definition) is 3. The van der Waals surface area contributed by atoms with Gasteiger partial charge in [0.25, 0.3) is 0 Å². The molecule has 2 rings (SSSR count). The van der Waals surface area contributed by atoms with E-state index in [1.165, 1.54) is 12.1 Å². The van der Waals surface area contributed by atoms with E-state index in [1.54, 1.807) is 12.1 Å². The summed E-state index contributed by atoms with van der Waals surface area (Å²) in [5, 5.41) is 10.9. The molecule has 1 heterocycles. The molecule has 4 N–H and O–H groups in total. The first kappa shape index (κ1) is 14.0. The van der Waals surface area contributed by atoms with Crippen LogP contribution in [0.1, 0.15) is 18.4 Å². The fourth-order valence-electron chi connectivity index (χ4n) is 2.05. The molecule has 0 saturated carbocycles. The molecule has 19 heavy (non-hydrogen) atoms. The van der Waals surface area contributed by atoms with Gasteiger partial charge < -0.3 is 10.6 Å². The topological polar surface area (TPSA) is 101 Å². The Kier molecular flexibility index (Phi) is 4.18. The van der Waals surface area contributed by atoms with Gasteiger partial charge in [-0.2, -0.15) is 0 Å². The van der Waals surface area contributed by atoms with Crippen molar-refractivity contribution >= 4 is 15.9 Å². The van der Waals surface area contributed by atoms with Crippen LogP contribution in [0.3, 0.4) is 0 Å². The summed E-state index contributed by atoms with van der Waals surface area (Å²) in [6.45, 7) is 1.15. The third-order valence-electron chi connectivity index (χ3n) is 3.07. The normalized spacial score (nSPS) is 19.3. The minimum atomic E-state index is -3.70. The summed E-state index contributed by atoms with van der Waals surface area (Å²) in [7, 11) is -3.70. The van der Waals surface area contributed by atoms with Crippen LogP contribution in [-0.2, 0) is 21.4 Å². The maximum atomic E-state index is 11.8. The summed E-state index contributed by atoms with van der Waals surface area (Å²) >= 11 is 0. The summed E-state index contributed by atoms with van der Waals surface area (Å²) in [6.07, 6.45) is 1.84. The smallest absolute Gasteiger partial charge is 0.238 e. The Labute approximate surface area is 112 Å². The molecule has 1 aromatic carbocycles. The molecule has 6 nitrogen and oxygen atoms in total. The first-order valence-electron chi connectivity index (χ1n) is 6.09. The molecule has 1 amide bonds. The fourth-order valence-corrected chi connectivity index (χ4v) is 2.64. The number of carbonyl (C=O) groups excluding carboxylic acids is 1. The largest absolute Gasteiger partial charge is 0.351 e. The third-order valence-corrected chi connectivity index (χ3v) is 3.98. The van der Waals surface area contributed by atoms with Gasteiger partial charge in [0.15, 0.2) is 0 Å². The van der Waals surface area contributed by atoms with Gasteiger partial charge in [-0.1, -0.05) is 12.1 Å². The SMILES string of the molecule is NS(=O)(=O)c1cccc(CNC(=O)C2CCCN2)c1. The molecule has 7 heteroatoms. The van der Waals surface area contributed by atoms with E-state index in [0.29, 0.717) is 12.1 Å². The lowest BCUT2D eigenvalue weighted by atomic mass is 10.2. The van der Waals surface area contributed by atoms with Gasteiger partial charge in [0.05, 0.1) is 10.9 Å². The van der Waals surface area contributed by atoms with Gasteiger partial charge in [-0.05, 0) is 37.1 Å². The van der Waals surface area contributed by atoms with Gasteiger partial charge in [0.1, 0.15) is 0 Å². The summed E-state index contributed by atoms with van der Waals surface area (Å²) in [5.74, 6) is -0.0569. The minimum absolute atomic E-state index is 0.0539. The molecule has 1 aliphatic heterocycles. The van der Waals surface area contributed by atoms with Crippen LogP contribution in [0.5, 0.6) is 0 Å². The quantitative estimate of drug-likeness (QED) is 0.706. The van der Waals surface area contributed by atoms with Crippen LogP contribution in [0, 0.1) is 0 Å². The van der Waals surface area contributed by atoms with Crippen molar-refractivity contribution in [1.29, 1.82) is 0 Å². The molecule has 1 aromatic rings. The van der Waals surface area contributed by atoms with Crippen LogP contribution in [0.25, 0.3) is 0 Å². The molecular formula is C12H17N3O3S. The van der Waals surface area contributed by atoms with E-state index in [-0.39, 0.29) is 16.8 Å². The summed E-state index contributed by atoms with van der Waals surface area (Å²) in [4.78, 5) is 11.8. The molecule has 1 saturated heterocycles. The fraction of sp³-hybridized carbons (Fsp3) is 0.417. The Morgan fingerprint density at radius 3 is 2.89 bits per heavy atom. The first-order valence-corrected chi connectivity index (χ1v) is 7.64. The zero-order chi connectivity index (χ0) is 13.9. The highest BCUT2D eigenvalue weighted by molar-refractivity contribution is 7.89. The molecular weight excluding hydrogens is 266 g/mol. The van der Waals surface area contributed by atoms with E-state index in [2.05, 4.69) is 10.6 Å². The molecule has 0 radical (unpaired) electrons. The number of sulfonamides is 1. The second kappa shape index (κ2) is 5.68. The van der Waals surface area contributed by atoms with Gasteiger partial charge in [0.2, 0.25) is 15.9 Å². The highest BCUT2D eigenvalue weighted by Gasteiger charge is 2.21. The Morgan fingerprint density at radius 2 is 2.26 bits per heavy atom. The lowest BCUT2D eigenvalue weighted by molar-refractivity contribution is -0.122. The predicted molar refractivity (Wildman–Crippen MR) is 70.7 cm³/mol. The molecule has 1 fully saturated rings. The Morgan fingerprint density at radius 1 is 1.47 bits per heavy atom. The minimum Gasteiger partial charge on any atom is -0.351 e. The molecule has 0 bridgehead atoms. The van der Waals surface area contributed by atoms with Crippen molar-refractivity contribution in [2.75, 3.05) is 6.54 Å². The summed E-state index contributed by atoms with van der Waals surface area (Å²) in [6, 6.07) is 6.12. The number of primary sulfonamides is 1. The average Bonchev–Trinajstić information content (AvgIpc) is 2.89. The standard InChI is InChI=1S/C12H17N3O3S/c13-19(17,18)10-4-1-3-9(7-10)8-15-12(16)11-5-2-6-14-11/h1,3-4,7,11,14H,2,5-6,8H2,(H,15,16)(H2,13,17,18). The van der Waals surface area contributed by atoms with Crippen LogP contribution < -0.4 is 15.8 Å². The third kappa shape index (κ3) is 3.76. The van der Waals surface area contributed by atoms with Crippen molar-refractivity contribution in [3.05, 3.63) is 29.8 Å². The van der Waals surface area contributed by atoms with Crippen molar-refractivity contribution in [2.45, 2.75) is 30.3 Å². The Balaban J connectivity index is 1.98. The van der Waals surface area contributed by atoms with Crippen LogP contribution in [-0.4, -0.2) is 26.9 Å². The highest BCUT2D eigenvalue weighted by atomic mass is 32.2. The van der Waals surface area contributed by atoms with Crippen LogP contribution in [0.4, 0.5) is 0 Å². The zero-order valence-corrected chi connectivity index (χ0v) is 11.2. The van der Waals surface area contributed by atoms with Gasteiger partial charge in [-0.15, -0.1) is 0 Å². The Bertz CT molecular complexity index is 565. The van der Waals surface area contributed by atoms with Gasteiger partial charge in [0, 0.05) is 6.54 Å². The van der Waals surface area contributed by atoms with E-state index in [1.807, 2.05) is 0 Å².